The maximum Gasteiger partial charge on any atom is 0.239 e. The molecule has 1 atom stereocenters. The largest absolute Gasteiger partial charge is 0.497 e. The quantitative estimate of drug-likeness (QED) is 0.858. The highest BCUT2D eigenvalue weighted by molar-refractivity contribution is 7.14. The van der Waals surface area contributed by atoms with Crippen LogP contribution < -0.4 is 10.1 Å². The number of benzene rings is 1. The third-order valence-corrected chi connectivity index (χ3v) is 5.58. The van der Waals surface area contributed by atoms with E-state index in [9.17, 15) is 4.79 Å². The first-order valence-corrected chi connectivity index (χ1v) is 9.74. The minimum absolute atomic E-state index is 0.0654. The van der Waals surface area contributed by atoms with E-state index < -0.39 is 0 Å². The van der Waals surface area contributed by atoms with Gasteiger partial charge in [-0.2, -0.15) is 5.26 Å². The first-order chi connectivity index (χ1) is 12.7. The van der Waals surface area contributed by atoms with Gasteiger partial charge in [-0.1, -0.05) is 25.0 Å². The number of methoxy groups -OCH3 is 1. The number of ether oxygens (including phenoxy) is 1. The highest BCUT2D eigenvalue weighted by atomic mass is 32.1. The van der Waals surface area contributed by atoms with Gasteiger partial charge in [-0.15, -0.1) is 11.3 Å². The van der Waals surface area contributed by atoms with Crippen LogP contribution in [0.3, 0.4) is 0 Å². The smallest absolute Gasteiger partial charge is 0.239 e. The fraction of sp³-hybridized carbons (Fsp3) is 0.400. The van der Waals surface area contributed by atoms with Gasteiger partial charge in [-0.25, -0.2) is 0 Å². The van der Waals surface area contributed by atoms with Crippen molar-refractivity contribution in [3.05, 3.63) is 46.8 Å². The Bertz CT molecular complexity index is 779. The van der Waals surface area contributed by atoms with Crippen molar-refractivity contribution in [3.63, 3.8) is 0 Å². The van der Waals surface area contributed by atoms with Crippen molar-refractivity contribution in [1.29, 1.82) is 5.26 Å². The number of hydrogen-bond acceptors (Lipinski definition) is 5. The molecule has 1 saturated heterocycles. The van der Waals surface area contributed by atoms with Gasteiger partial charge in [0.15, 0.2) is 0 Å². The lowest BCUT2D eigenvalue weighted by Crippen LogP contribution is -2.36. The molecule has 2 aromatic rings. The Balaban J connectivity index is 1.71. The van der Waals surface area contributed by atoms with E-state index in [4.69, 9.17) is 10.00 Å². The van der Waals surface area contributed by atoms with Crippen LogP contribution in [-0.4, -0.2) is 31.0 Å². The van der Waals surface area contributed by atoms with E-state index in [-0.39, 0.29) is 11.9 Å². The number of nitrogens with zero attached hydrogens (tertiary/aromatic N) is 2. The first kappa shape index (κ1) is 18.4. The summed E-state index contributed by atoms with van der Waals surface area (Å²) in [6, 6.07) is 12.2. The van der Waals surface area contributed by atoms with Crippen molar-refractivity contribution in [2.24, 2.45) is 0 Å². The predicted molar refractivity (Wildman–Crippen MR) is 103 cm³/mol. The average Bonchev–Trinajstić information content (AvgIpc) is 2.98. The molecule has 1 aromatic heterocycles. The summed E-state index contributed by atoms with van der Waals surface area (Å²) >= 11 is 1.38. The molecule has 0 bridgehead atoms. The summed E-state index contributed by atoms with van der Waals surface area (Å²) in [4.78, 5) is 14.8. The van der Waals surface area contributed by atoms with Crippen LogP contribution in [0.5, 0.6) is 5.75 Å². The highest BCUT2D eigenvalue weighted by Gasteiger charge is 2.25. The van der Waals surface area contributed by atoms with Crippen LogP contribution in [0, 0.1) is 11.3 Å². The van der Waals surface area contributed by atoms with E-state index in [0.717, 1.165) is 25.1 Å². The summed E-state index contributed by atoms with van der Waals surface area (Å²) in [6.07, 6.45) is 4.50. The van der Waals surface area contributed by atoms with Gasteiger partial charge in [0.2, 0.25) is 5.91 Å². The summed E-state index contributed by atoms with van der Waals surface area (Å²) in [7, 11) is 1.66. The lowest BCUT2D eigenvalue weighted by Gasteiger charge is -2.29. The number of nitriles is 1. The van der Waals surface area contributed by atoms with Crippen LogP contribution in [0.25, 0.3) is 0 Å². The summed E-state index contributed by atoms with van der Waals surface area (Å²) in [5.41, 5.74) is 1.74. The molecule has 5 nitrogen and oxygen atoms in total. The normalized spacial score (nSPS) is 17.9. The van der Waals surface area contributed by atoms with Gasteiger partial charge in [0.05, 0.1) is 19.2 Å². The maximum atomic E-state index is 12.6. The van der Waals surface area contributed by atoms with E-state index in [1.807, 2.05) is 17.5 Å². The third-order valence-electron chi connectivity index (χ3n) is 4.75. The van der Waals surface area contributed by atoms with Gasteiger partial charge in [0.1, 0.15) is 16.8 Å². The van der Waals surface area contributed by atoms with Crippen molar-refractivity contribution in [1.82, 2.24) is 4.90 Å². The molecule has 0 radical (unpaired) electrons. The average molecular weight is 369 g/mol. The van der Waals surface area contributed by atoms with Crippen LogP contribution in [-0.2, 0) is 4.79 Å². The molecule has 6 heteroatoms. The Morgan fingerprint density at radius 1 is 1.31 bits per heavy atom. The monoisotopic (exact) mass is 369 g/mol. The van der Waals surface area contributed by atoms with Crippen LogP contribution in [0.15, 0.2) is 35.7 Å². The molecule has 1 N–H and O–H groups in total. The zero-order valence-electron chi connectivity index (χ0n) is 14.9. The summed E-state index contributed by atoms with van der Waals surface area (Å²) < 4.78 is 5.25. The van der Waals surface area contributed by atoms with Crippen LogP contribution in [0.1, 0.15) is 42.9 Å². The molecule has 0 aliphatic carbocycles. The number of hydrogen-bond donors (Lipinski definition) is 1. The third kappa shape index (κ3) is 4.43. The van der Waals surface area contributed by atoms with Gasteiger partial charge >= 0.3 is 0 Å². The fourth-order valence-electron chi connectivity index (χ4n) is 3.41. The second-order valence-electron chi connectivity index (χ2n) is 6.43. The molecule has 26 heavy (non-hydrogen) atoms. The molecule has 0 spiro atoms. The van der Waals surface area contributed by atoms with Gasteiger partial charge in [0, 0.05) is 6.04 Å². The first-order valence-electron chi connectivity index (χ1n) is 8.86. The predicted octanol–water partition coefficient (Wildman–Crippen LogP) is 4.18. The van der Waals surface area contributed by atoms with Gasteiger partial charge < -0.3 is 10.1 Å². The van der Waals surface area contributed by atoms with Crippen molar-refractivity contribution >= 4 is 22.2 Å². The van der Waals surface area contributed by atoms with E-state index in [1.54, 1.807) is 13.2 Å². The molecule has 0 saturated carbocycles. The lowest BCUT2D eigenvalue weighted by molar-refractivity contribution is -0.117. The zero-order chi connectivity index (χ0) is 18.4. The molecule has 1 amide bonds. The van der Waals surface area contributed by atoms with Gasteiger partial charge in [-0.3, -0.25) is 9.69 Å². The number of amides is 1. The molecule has 3 rings (SSSR count). The summed E-state index contributed by atoms with van der Waals surface area (Å²) in [5, 5.41) is 14.4. The minimum atomic E-state index is -0.0654. The molecular weight excluding hydrogens is 346 g/mol. The Morgan fingerprint density at radius 2 is 2.12 bits per heavy atom. The number of carbonyl (C=O) groups is 1. The number of carbonyl (C=O) groups excluding carboxylic acids is 1. The Hall–Kier alpha value is -2.36. The molecule has 0 unspecified atom stereocenters. The molecule has 136 valence electrons. The number of nitrogens with one attached hydrogen (secondary N) is 1. The molecular formula is C20H23N3O2S. The second-order valence-corrected chi connectivity index (χ2v) is 7.35. The van der Waals surface area contributed by atoms with Crippen molar-refractivity contribution in [2.45, 2.75) is 31.7 Å². The number of likely N-dealkylation sites (tertiary alicyclic amines) is 1. The minimum Gasteiger partial charge on any atom is -0.497 e. The number of rotatable bonds is 5. The van der Waals surface area contributed by atoms with Crippen molar-refractivity contribution in [2.75, 3.05) is 25.5 Å². The topological polar surface area (TPSA) is 65.4 Å². The van der Waals surface area contributed by atoms with Crippen molar-refractivity contribution in [3.8, 4) is 11.8 Å². The molecule has 2 heterocycles. The second kappa shape index (κ2) is 8.84. The van der Waals surface area contributed by atoms with E-state index in [0.29, 0.717) is 17.1 Å². The van der Waals surface area contributed by atoms with E-state index in [2.05, 4.69) is 28.4 Å². The van der Waals surface area contributed by atoms with E-state index >= 15 is 0 Å². The lowest BCUT2D eigenvalue weighted by atomic mass is 10.0. The molecule has 1 aliphatic rings. The molecule has 1 fully saturated rings. The molecule has 1 aromatic carbocycles. The molecule has 1 aliphatic heterocycles. The van der Waals surface area contributed by atoms with Crippen molar-refractivity contribution < 1.29 is 9.53 Å². The maximum absolute atomic E-state index is 12.6. The SMILES string of the molecule is COc1ccc([C@@H]2CCCCCN2CC(=O)Nc2sccc2C#N)cc1. The zero-order valence-corrected chi connectivity index (χ0v) is 15.7. The van der Waals surface area contributed by atoms with Crippen LogP contribution >= 0.6 is 11.3 Å². The van der Waals surface area contributed by atoms with Crippen LogP contribution in [0.2, 0.25) is 0 Å². The standard InChI is InChI=1S/C20H23N3O2S/c1-25-17-8-6-15(7-9-17)18-5-3-2-4-11-23(18)14-19(24)22-20-16(13-21)10-12-26-20/h6-10,12,18H,2-5,11,14H2,1H3,(H,22,24)/t18-/m0/s1. The number of thiophene rings is 1. The van der Waals surface area contributed by atoms with Crippen LogP contribution in [0.4, 0.5) is 5.00 Å². The Labute approximate surface area is 158 Å². The fourth-order valence-corrected chi connectivity index (χ4v) is 4.16. The summed E-state index contributed by atoms with van der Waals surface area (Å²) in [6.45, 7) is 1.24. The van der Waals surface area contributed by atoms with E-state index in [1.165, 1.54) is 29.7 Å². The van der Waals surface area contributed by atoms with Gasteiger partial charge in [-0.05, 0) is 48.5 Å². The Kier molecular flexibility index (Phi) is 6.26. The highest BCUT2D eigenvalue weighted by Crippen LogP contribution is 2.31. The number of anilines is 1. The van der Waals surface area contributed by atoms with Gasteiger partial charge in [0.25, 0.3) is 0 Å². The Morgan fingerprint density at radius 3 is 2.85 bits per heavy atom. The summed E-state index contributed by atoms with van der Waals surface area (Å²) in [5.74, 6) is 0.776.